The zero-order valence-electron chi connectivity index (χ0n) is 18.5. The highest BCUT2D eigenvalue weighted by atomic mass is 13.9. The average Bonchev–Trinajstić information content (AvgIpc) is 2.73. The molecule has 0 nitrogen and oxygen atoms in total. The topological polar surface area (TPSA) is 0 Å². The van der Waals surface area contributed by atoms with Crippen LogP contribution in [0.1, 0.15) is 27.8 Å². The summed E-state index contributed by atoms with van der Waals surface area (Å²) in [5.41, 5.74) is 6.73. The Balaban J connectivity index is 0.000000194. The molecule has 4 rings (SSSR count). The molecule has 0 aliphatic heterocycles. The molecular weight excluding hydrogens is 348 g/mol. The van der Waals surface area contributed by atoms with E-state index < -0.39 is 0 Å². The third kappa shape index (κ3) is 12.8. The lowest BCUT2D eigenvalue weighted by Crippen LogP contribution is -1.74. The van der Waals surface area contributed by atoms with Gasteiger partial charge in [0.05, 0.1) is 0 Å². The molecule has 0 amide bonds. The number of aryl methyl sites for hydroxylation is 5. The predicted octanol–water partition coefficient (Wildman–Crippen LogP) is 8.29. The van der Waals surface area contributed by atoms with Crippen LogP contribution >= 0.6 is 0 Å². The summed E-state index contributed by atoms with van der Waals surface area (Å²) in [7, 11) is 0. The molecule has 0 aliphatic rings. The monoisotopic (exact) mass is 382 g/mol. The van der Waals surface area contributed by atoms with Crippen LogP contribution in [0.25, 0.3) is 0 Å². The maximum Gasteiger partial charge on any atom is -0.0395 e. The highest BCUT2D eigenvalue weighted by Gasteiger charge is 1.84. The second kappa shape index (κ2) is 14.9. The van der Waals surface area contributed by atoms with Gasteiger partial charge in [-0.25, -0.2) is 0 Å². The van der Waals surface area contributed by atoms with Crippen molar-refractivity contribution in [3.8, 4) is 0 Å². The van der Waals surface area contributed by atoms with Gasteiger partial charge in [0.15, 0.2) is 0 Å². The second-order valence-corrected chi connectivity index (χ2v) is 7.05. The minimum Gasteiger partial charge on any atom is -0.0623 e. The largest absolute Gasteiger partial charge is 0.0623 e. The molecule has 0 fully saturated rings. The molecule has 4 aromatic carbocycles. The fourth-order valence-electron chi connectivity index (χ4n) is 2.39. The fourth-order valence-corrected chi connectivity index (χ4v) is 2.39. The van der Waals surface area contributed by atoms with E-state index in [1.807, 2.05) is 54.6 Å². The minimum atomic E-state index is 1.32. The van der Waals surface area contributed by atoms with Crippen LogP contribution in [0.15, 0.2) is 115 Å². The Kier molecular flexibility index (Phi) is 12.3. The maximum absolute atomic E-state index is 2.17. The van der Waals surface area contributed by atoms with E-state index in [0.29, 0.717) is 0 Å². The molecule has 0 bridgehead atoms. The van der Waals surface area contributed by atoms with E-state index in [-0.39, 0.29) is 0 Å². The molecule has 0 saturated carbocycles. The van der Waals surface area contributed by atoms with Crippen LogP contribution in [0, 0.1) is 34.6 Å². The number of hydrogen-bond acceptors (Lipinski definition) is 0. The Labute approximate surface area is 177 Å². The van der Waals surface area contributed by atoms with Crippen LogP contribution < -0.4 is 0 Å². The van der Waals surface area contributed by atoms with Crippen LogP contribution in [-0.4, -0.2) is 0 Å². The summed E-state index contributed by atoms with van der Waals surface area (Å²) >= 11 is 0. The van der Waals surface area contributed by atoms with E-state index in [9.17, 15) is 0 Å². The van der Waals surface area contributed by atoms with Crippen molar-refractivity contribution in [1.29, 1.82) is 0 Å². The first-order valence-electron chi connectivity index (χ1n) is 10.1. The van der Waals surface area contributed by atoms with Crippen LogP contribution in [0.4, 0.5) is 0 Å². The Morgan fingerprint density at radius 3 is 0.862 bits per heavy atom. The lowest BCUT2D eigenvalue weighted by Gasteiger charge is -1.93. The zero-order chi connectivity index (χ0) is 21.3. The molecule has 0 saturated heterocycles. The molecule has 0 spiro atoms. The van der Waals surface area contributed by atoms with E-state index in [2.05, 4.69) is 95.3 Å². The molecule has 0 N–H and O–H groups in total. The Bertz CT molecular complexity index is 828. The molecule has 150 valence electrons. The first-order chi connectivity index (χ1) is 14.0. The molecule has 0 unspecified atom stereocenters. The highest BCUT2D eigenvalue weighted by Crippen LogP contribution is 2.02. The average molecular weight is 383 g/mol. The van der Waals surface area contributed by atoms with Crippen molar-refractivity contribution in [1.82, 2.24) is 0 Å². The van der Waals surface area contributed by atoms with Gasteiger partial charge in [0.1, 0.15) is 0 Å². The van der Waals surface area contributed by atoms with Gasteiger partial charge in [0.25, 0.3) is 0 Å². The van der Waals surface area contributed by atoms with Gasteiger partial charge in [-0.05, 0) is 45.7 Å². The summed E-state index contributed by atoms with van der Waals surface area (Å²) in [5.74, 6) is 0. The van der Waals surface area contributed by atoms with Crippen molar-refractivity contribution in [3.63, 3.8) is 0 Å². The standard InChI is InChI=1S/2C8H10.C7H8.C6H6/c1-7-4-3-5-8(2)6-7;1-7-5-3-4-6-8(7)2;1-7-5-3-2-4-6-7;1-2-4-6-5-3-1/h2*3-6H,1-2H3;2-6H,1H3;1-6H. The predicted molar refractivity (Wildman–Crippen MR) is 129 cm³/mol. The van der Waals surface area contributed by atoms with Gasteiger partial charge in [-0.3, -0.25) is 0 Å². The van der Waals surface area contributed by atoms with Crippen molar-refractivity contribution in [2.75, 3.05) is 0 Å². The van der Waals surface area contributed by atoms with Gasteiger partial charge in [-0.2, -0.15) is 0 Å². The first-order valence-corrected chi connectivity index (χ1v) is 10.1. The fraction of sp³-hybridized carbons (Fsp3) is 0.172. The van der Waals surface area contributed by atoms with Crippen molar-refractivity contribution < 1.29 is 0 Å². The molecule has 4 aromatic rings. The lowest BCUT2D eigenvalue weighted by atomic mass is 10.1. The quantitative estimate of drug-likeness (QED) is 0.287. The van der Waals surface area contributed by atoms with Gasteiger partial charge >= 0.3 is 0 Å². The second-order valence-electron chi connectivity index (χ2n) is 7.05. The SMILES string of the molecule is Cc1cccc(C)c1.Cc1ccccc1.Cc1ccccc1C.c1ccccc1. The Morgan fingerprint density at radius 1 is 0.310 bits per heavy atom. The summed E-state index contributed by atoms with van der Waals surface area (Å²) in [5, 5.41) is 0. The minimum absolute atomic E-state index is 1.32. The molecule has 0 atom stereocenters. The normalized spacial score (nSPS) is 8.86. The van der Waals surface area contributed by atoms with Crippen LogP contribution in [0.3, 0.4) is 0 Å². The molecule has 0 aromatic heterocycles. The number of benzene rings is 4. The van der Waals surface area contributed by atoms with E-state index in [0.717, 1.165) is 0 Å². The van der Waals surface area contributed by atoms with Gasteiger partial charge in [-0.1, -0.05) is 132 Å². The van der Waals surface area contributed by atoms with E-state index in [1.54, 1.807) is 0 Å². The van der Waals surface area contributed by atoms with Crippen molar-refractivity contribution in [2.45, 2.75) is 34.6 Å². The summed E-state index contributed by atoms with van der Waals surface area (Å²) in [6.07, 6.45) is 0. The summed E-state index contributed by atoms with van der Waals surface area (Å²) in [6, 6.07) is 39.1. The lowest BCUT2D eigenvalue weighted by molar-refractivity contribution is 1.34. The van der Waals surface area contributed by atoms with Gasteiger partial charge in [0, 0.05) is 0 Å². The Hall–Kier alpha value is -3.12. The van der Waals surface area contributed by atoms with E-state index in [4.69, 9.17) is 0 Å². The van der Waals surface area contributed by atoms with Gasteiger partial charge < -0.3 is 0 Å². The summed E-state index contributed by atoms with van der Waals surface area (Å²) < 4.78 is 0. The van der Waals surface area contributed by atoms with Crippen molar-refractivity contribution >= 4 is 0 Å². The maximum atomic E-state index is 2.17. The molecule has 0 heterocycles. The molecule has 29 heavy (non-hydrogen) atoms. The van der Waals surface area contributed by atoms with Crippen molar-refractivity contribution in [3.05, 3.63) is 143 Å². The molecular formula is C29H34. The molecule has 0 aliphatic carbocycles. The molecule has 0 heteroatoms. The first kappa shape index (κ1) is 23.9. The van der Waals surface area contributed by atoms with E-state index >= 15 is 0 Å². The zero-order valence-corrected chi connectivity index (χ0v) is 18.5. The van der Waals surface area contributed by atoms with Crippen LogP contribution in [-0.2, 0) is 0 Å². The summed E-state index contributed by atoms with van der Waals surface area (Å²) in [4.78, 5) is 0. The summed E-state index contributed by atoms with van der Waals surface area (Å²) in [6.45, 7) is 10.5. The molecule has 0 radical (unpaired) electrons. The highest BCUT2D eigenvalue weighted by molar-refractivity contribution is 5.23. The van der Waals surface area contributed by atoms with Gasteiger partial charge in [0.2, 0.25) is 0 Å². The Morgan fingerprint density at radius 2 is 0.621 bits per heavy atom. The van der Waals surface area contributed by atoms with E-state index in [1.165, 1.54) is 27.8 Å². The van der Waals surface area contributed by atoms with Crippen molar-refractivity contribution in [2.24, 2.45) is 0 Å². The smallest absolute Gasteiger partial charge is 0.0395 e. The van der Waals surface area contributed by atoms with Gasteiger partial charge in [-0.15, -0.1) is 0 Å². The third-order valence-electron chi connectivity index (χ3n) is 4.21. The number of rotatable bonds is 0. The van der Waals surface area contributed by atoms with Crippen LogP contribution in [0.5, 0.6) is 0 Å². The third-order valence-corrected chi connectivity index (χ3v) is 4.21. The van der Waals surface area contributed by atoms with Crippen LogP contribution in [0.2, 0.25) is 0 Å². The number of hydrogen-bond donors (Lipinski definition) is 0.